The SMILES string of the molecule is Cn1cc(/C=C/C(N)=O)cn1. The molecule has 1 aromatic heterocycles. The van der Waals surface area contributed by atoms with Gasteiger partial charge in [0.25, 0.3) is 0 Å². The van der Waals surface area contributed by atoms with Gasteiger partial charge in [-0.2, -0.15) is 5.10 Å². The van der Waals surface area contributed by atoms with Crippen molar-refractivity contribution in [2.24, 2.45) is 12.8 Å². The number of amides is 1. The number of aromatic nitrogens is 2. The Morgan fingerprint density at radius 3 is 3.00 bits per heavy atom. The van der Waals surface area contributed by atoms with Gasteiger partial charge in [-0.15, -0.1) is 0 Å². The number of carbonyl (C=O) groups excluding carboxylic acids is 1. The number of nitrogens with zero attached hydrogens (tertiary/aromatic N) is 2. The number of primary amides is 1. The van der Waals surface area contributed by atoms with Crippen LogP contribution in [0.2, 0.25) is 0 Å². The van der Waals surface area contributed by atoms with Crippen molar-refractivity contribution < 1.29 is 4.79 Å². The second-order valence-corrected chi connectivity index (χ2v) is 2.18. The minimum absolute atomic E-state index is 0.450. The highest BCUT2D eigenvalue weighted by atomic mass is 16.1. The summed E-state index contributed by atoms with van der Waals surface area (Å²) in [5, 5.41) is 3.91. The van der Waals surface area contributed by atoms with E-state index in [1.165, 1.54) is 6.08 Å². The zero-order valence-electron chi connectivity index (χ0n) is 6.19. The van der Waals surface area contributed by atoms with Crippen LogP contribution in [-0.4, -0.2) is 15.7 Å². The highest BCUT2D eigenvalue weighted by molar-refractivity contribution is 5.90. The van der Waals surface area contributed by atoms with Crippen molar-refractivity contribution in [3.05, 3.63) is 24.0 Å². The van der Waals surface area contributed by atoms with E-state index in [0.29, 0.717) is 0 Å². The van der Waals surface area contributed by atoms with Crippen LogP contribution in [0, 0.1) is 0 Å². The van der Waals surface area contributed by atoms with E-state index in [0.717, 1.165) is 5.56 Å². The van der Waals surface area contributed by atoms with Gasteiger partial charge in [-0.25, -0.2) is 0 Å². The van der Waals surface area contributed by atoms with Gasteiger partial charge < -0.3 is 5.73 Å². The highest BCUT2D eigenvalue weighted by Crippen LogP contribution is 1.97. The van der Waals surface area contributed by atoms with Crippen LogP contribution < -0.4 is 5.73 Å². The molecule has 0 unspecified atom stereocenters. The number of carbonyl (C=O) groups is 1. The fourth-order valence-electron chi connectivity index (χ4n) is 0.705. The molecule has 0 aliphatic carbocycles. The van der Waals surface area contributed by atoms with Crippen LogP contribution in [0.4, 0.5) is 0 Å². The summed E-state index contributed by atoms with van der Waals surface area (Å²) in [6, 6.07) is 0. The van der Waals surface area contributed by atoms with Gasteiger partial charge in [0.15, 0.2) is 0 Å². The average Bonchev–Trinajstić information content (AvgIpc) is 2.31. The third-order valence-electron chi connectivity index (χ3n) is 1.16. The molecule has 4 nitrogen and oxygen atoms in total. The third kappa shape index (κ3) is 2.25. The smallest absolute Gasteiger partial charge is 0.241 e. The van der Waals surface area contributed by atoms with Gasteiger partial charge in [-0.3, -0.25) is 9.48 Å². The molecule has 1 amide bonds. The Bertz CT molecular complexity index is 288. The van der Waals surface area contributed by atoms with Crippen LogP contribution in [-0.2, 0) is 11.8 Å². The Labute approximate surface area is 64.3 Å². The zero-order valence-corrected chi connectivity index (χ0v) is 6.19. The topological polar surface area (TPSA) is 60.9 Å². The van der Waals surface area contributed by atoms with Crippen LogP contribution in [0.15, 0.2) is 18.5 Å². The largest absolute Gasteiger partial charge is 0.366 e. The summed E-state index contributed by atoms with van der Waals surface area (Å²) in [5.41, 5.74) is 5.76. The van der Waals surface area contributed by atoms with Gasteiger partial charge >= 0.3 is 0 Å². The molecule has 0 aliphatic heterocycles. The van der Waals surface area contributed by atoms with Gasteiger partial charge in [0.2, 0.25) is 5.91 Å². The molecule has 0 fully saturated rings. The lowest BCUT2D eigenvalue weighted by Gasteiger charge is -1.81. The average molecular weight is 151 g/mol. The molecular weight excluding hydrogens is 142 g/mol. The van der Waals surface area contributed by atoms with Gasteiger partial charge in [-0.05, 0) is 6.08 Å². The Kier molecular flexibility index (Phi) is 2.06. The van der Waals surface area contributed by atoms with E-state index < -0.39 is 5.91 Å². The molecular formula is C7H9N3O. The number of hydrogen-bond acceptors (Lipinski definition) is 2. The Morgan fingerprint density at radius 2 is 2.55 bits per heavy atom. The van der Waals surface area contributed by atoms with E-state index in [1.54, 1.807) is 23.2 Å². The van der Waals surface area contributed by atoms with Crippen LogP contribution in [0.25, 0.3) is 6.08 Å². The third-order valence-corrected chi connectivity index (χ3v) is 1.16. The first-order valence-electron chi connectivity index (χ1n) is 3.14. The molecule has 0 radical (unpaired) electrons. The number of aryl methyl sites for hydroxylation is 1. The molecule has 0 saturated heterocycles. The Hall–Kier alpha value is -1.58. The second kappa shape index (κ2) is 3.01. The van der Waals surface area contributed by atoms with Crippen molar-refractivity contribution in [2.75, 3.05) is 0 Å². The predicted octanol–water partition coefficient (Wildman–Crippen LogP) is -0.0814. The van der Waals surface area contributed by atoms with Crippen molar-refractivity contribution in [3.63, 3.8) is 0 Å². The molecule has 0 aromatic carbocycles. The van der Waals surface area contributed by atoms with E-state index in [9.17, 15) is 4.79 Å². The van der Waals surface area contributed by atoms with Gasteiger partial charge in [0, 0.05) is 24.9 Å². The summed E-state index contributed by atoms with van der Waals surface area (Å²) in [5.74, 6) is -0.450. The summed E-state index contributed by atoms with van der Waals surface area (Å²) in [7, 11) is 1.81. The van der Waals surface area contributed by atoms with Crippen LogP contribution in [0.3, 0.4) is 0 Å². The standard InChI is InChI=1S/C7H9N3O/c1-10-5-6(4-9-10)2-3-7(8)11/h2-5H,1H3,(H2,8,11)/b3-2+. The van der Waals surface area contributed by atoms with Crippen LogP contribution in [0.1, 0.15) is 5.56 Å². The summed E-state index contributed by atoms with van der Waals surface area (Å²) < 4.78 is 1.65. The second-order valence-electron chi connectivity index (χ2n) is 2.18. The molecule has 2 N–H and O–H groups in total. The first-order chi connectivity index (χ1) is 5.18. The first kappa shape index (κ1) is 7.53. The van der Waals surface area contributed by atoms with E-state index in [-0.39, 0.29) is 0 Å². The maximum absolute atomic E-state index is 10.3. The lowest BCUT2D eigenvalue weighted by Crippen LogP contribution is -2.04. The first-order valence-corrected chi connectivity index (χ1v) is 3.14. The zero-order chi connectivity index (χ0) is 8.27. The number of hydrogen-bond donors (Lipinski definition) is 1. The molecule has 0 aliphatic rings. The minimum atomic E-state index is -0.450. The Balaban J connectivity index is 2.71. The number of rotatable bonds is 2. The molecule has 0 saturated carbocycles. The van der Waals surface area contributed by atoms with Gasteiger partial charge in [0.05, 0.1) is 6.20 Å². The lowest BCUT2D eigenvalue weighted by molar-refractivity contribution is -0.113. The molecule has 0 spiro atoms. The van der Waals surface area contributed by atoms with E-state index in [1.807, 2.05) is 7.05 Å². The van der Waals surface area contributed by atoms with Crippen molar-refractivity contribution in [1.29, 1.82) is 0 Å². The normalized spacial score (nSPS) is 10.6. The van der Waals surface area contributed by atoms with E-state index in [4.69, 9.17) is 5.73 Å². The summed E-state index contributed by atoms with van der Waals surface area (Å²) >= 11 is 0. The Morgan fingerprint density at radius 1 is 1.82 bits per heavy atom. The molecule has 0 atom stereocenters. The minimum Gasteiger partial charge on any atom is -0.366 e. The fourth-order valence-corrected chi connectivity index (χ4v) is 0.705. The summed E-state index contributed by atoms with van der Waals surface area (Å²) in [6.07, 6.45) is 6.37. The maximum atomic E-state index is 10.3. The lowest BCUT2D eigenvalue weighted by atomic mass is 10.3. The quantitative estimate of drug-likeness (QED) is 0.601. The summed E-state index contributed by atoms with van der Waals surface area (Å²) in [4.78, 5) is 10.3. The summed E-state index contributed by atoms with van der Waals surface area (Å²) in [6.45, 7) is 0. The molecule has 1 rings (SSSR count). The molecule has 0 bridgehead atoms. The monoisotopic (exact) mass is 151 g/mol. The van der Waals surface area contributed by atoms with Crippen molar-refractivity contribution in [1.82, 2.24) is 9.78 Å². The molecule has 4 heteroatoms. The van der Waals surface area contributed by atoms with Crippen LogP contribution >= 0.6 is 0 Å². The predicted molar refractivity (Wildman–Crippen MR) is 41.4 cm³/mol. The van der Waals surface area contributed by atoms with Crippen LogP contribution in [0.5, 0.6) is 0 Å². The molecule has 1 heterocycles. The fraction of sp³-hybridized carbons (Fsp3) is 0.143. The number of nitrogens with two attached hydrogens (primary N) is 1. The molecule has 11 heavy (non-hydrogen) atoms. The van der Waals surface area contributed by atoms with Crippen molar-refractivity contribution in [3.8, 4) is 0 Å². The van der Waals surface area contributed by atoms with Crippen molar-refractivity contribution >= 4 is 12.0 Å². The van der Waals surface area contributed by atoms with Gasteiger partial charge in [0.1, 0.15) is 0 Å². The van der Waals surface area contributed by atoms with E-state index >= 15 is 0 Å². The highest BCUT2D eigenvalue weighted by Gasteiger charge is 1.89. The van der Waals surface area contributed by atoms with E-state index in [2.05, 4.69) is 5.10 Å². The molecule has 1 aromatic rings. The maximum Gasteiger partial charge on any atom is 0.241 e. The molecule has 58 valence electrons. The van der Waals surface area contributed by atoms with Crippen molar-refractivity contribution in [2.45, 2.75) is 0 Å². The van der Waals surface area contributed by atoms with Gasteiger partial charge in [-0.1, -0.05) is 0 Å².